The Kier molecular flexibility index (Phi) is 6.05. The monoisotopic (exact) mass is 330 g/mol. The van der Waals surface area contributed by atoms with Crippen molar-refractivity contribution >= 4 is 35.0 Å². The van der Waals surface area contributed by atoms with Gasteiger partial charge in [0.15, 0.2) is 0 Å². The SMILES string of the molecule is CC(NC(=O)Cc1ccc(Cl)c(Cl)c1)C(=O)NC(C)(C)C. The summed E-state index contributed by atoms with van der Waals surface area (Å²) in [6.07, 6.45) is 0.143. The van der Waals surface area contributed by atoms with E-state index in [9.17, 15) is 9.59 Å². The van der Waals surface area contributed by atoms with Crippen LogP contribution in [0, 0.1) is 0 Å². The Morgan fingerprint density at radius 2 is 1.81 bits per heavy atom. The molecule has 0 saturated heterocycles. The molecule has 0 bridgehead atoms. The average molecular weight is 331 g/mol. The maximum absolute atomic E-state index is 11.9. The van der Waals surface area contributed by atoms with E-state index in [1.807, 2.05) is 20.8 Å². The van der Waals surface area contributed by atoms with Crippen molar-refractivity contribution in [3.63, 3.8) is 0 Å². The van der Waals surface area contributed by atoms with Crippen molar-refractivity contribution in [1.82, 2.24) is 10.6 Å². The lowest BCUT2D eigenvalue weighted by molar-refractivity contribution is -0.129. The third-order valence-corrected chi connectivity index (χ3v) is 3.36. The van der Waals surface area contributed by atoms with E-state index in [0.29, 0.717) is 10.0 Å². The van der Waals surface area contributed by atoms with Crippen molar-refractivity contribution in [1.29, 1.82) is 0 Å². The molecule has 0 fully saturated rings. The van der Waals surface area contributed by atoms with Crippen molar-refractivity contribution in [2.24, 2.45) is 0 Å². The highest BCUT2D eigenvalue weighted by Crippen LogP contribution is 2.22. The van der Waals surface area contributed by atoms with Crippen LogP contribution in [-0.2, 0) is 16.0 Å². The van der Waals surface area contributed by atoms with Gasteiger partial charge in [0, 0.05) is 5.54 Å². The van der Waals surface area contributed by atoms with E-state index in [2.05, 4.69) is 10.6 Å². The molecule has 116 valence electrons. The Hall–Kier alpha value is -1.26. The molecule has 0 aliphatic rings. The first-order chi connectivity index (χ1) is 9.58. The van der Waals surface area contributed by atoms with E-state index in [1.165, 1.54) is 0 Å². The molecule has 6 heteroatoms. The van der Waals surface area contributed by atoms with Gasteiger partial charge in [0.1, 0.15) is 6.04 Å². The van der Waals surface area contributed by atoms with Crippen LogP contribution in [0.25, 0.3) is 0 Å². The first-order valence-electron chi connectivity index (χ1n) is 6.64. The summed E-state index contributed by atoms with van der Waals surface area (Å²) in [6.45, 7) is 7.30. The second-order valence-electron chi connectivity index (χ2n) is 5.95. The summed E-state index contributed by atoms with van der Waals surface area (Å²) in [5, 5.41) is 6.32. The summed E-state index contributed by atoms with van der Waals surface area (Å²) < 4.78 is 0. The highest BCUT2D eigenvalue weighted by Gasteiger charge is 2.20. The third kappa shape index (κ3) is 6.36. The zero-order chi connectivity index (χ0) is 16.2. The van der Waals surface area contributed by atoms with Crippen molar-refractivity contribution in [3.8, 4) is 0 Å². The van der Waals surface area contributed by atoms with Crippen LogP contribution in [0.5, 0.6) is 0 Å². The van der Waals surface area contributed by atoms with Crippen molar-refractivity contribution < 1.29 is 9.59 Å². The Morgan fingerprint density at radius 3 is 2.33 bits per heavy atom. The van der Waals surface area contributed by atoms with E-state index in [4.69, 9.17) is 23.2 Å². The smallest absolute Gasteiger partial charge is 0.242 e. The molecule has 0 aromatic heterocycles. The molecule has 0 aliphatic carbocycles. The van der Waals surface area contributed by atoms with E-state index >= 15 is 0 Å². The molecule has 1 atom stereocenters. The lowest BCUT2D eigenvalue weighted by Crippen LogP contribution is -2.51. The summed E-state index contributed by atoms with van der Waals surface area (Å²) in [5.74, 6) is -0.463. The second kappa shape index (κ2) is 7.14. The molecule has 1 unspecified atom stereocenters. The number of hydrogen-bond donors (Lipinski definition) is 2. The molecular formula is C15H20Cl2N2O2. The van der Waals surface area contributed by atoms with Crippen LogP contribution in [0.2, 0.25) is 10.0 Å². The summed E-state index contributed by atoms with van der Waals surface area (Å²) >= 11 is 11.7. The largest absolute Gasteiger partial charge is 0.350 e. The Labute approximate surface area is 135 Å². The minimum absolute atomic E-state index is 0.143. The summed E-state index contributed by atoms with van der Waals surface area (Å²) in [5.41, 5.74) is 0.407. The zero-order valence-electron chi connectivity index (χ0n) is 12.6. The molecule has 1 aromatic rings. The number of nitrogens with one attached hydrogen (secondary N) is 2. The highest BCUT2D eigenvalue weighted by molar-refractivity contribution is 6.42. The first-order valence-corrected chi connectivity index (χ1v) is 7.39. The maximum Gasteiger partial charge on any atom is 0.242 e. The molecular weight excluding hydrogens is 311 g/mol. The molecule has 0 radical (unpaired) electrons. The van der Waals surface area contributed by atoms with Gasteiger partial charge in [0.2, 0.25) is 11.8 Å². The maximum atomic E-state index is 11.9. The topological polar surface area (TPSA) is 58.2 Å². The van der Waals surface area contributed by atoms with Gasteiger partial charge in [-0.05, 0) is 45.4 Å². The minimum atomic E-state index is -0.598. The van der Waals surface area contributed by atoms with Gasteiger partial charge in [-0.15, -0.1) is 0 Å². The van der Waals surface area contributed by atoms with Crippen LogP contribution in [0.1, 0.15) is 33.3 Å². The van der Waals surface area contributed by atoms with Gasteiger partial charge in [-0.1, -0.05) is 29.3 Å². The molecule has 1 rings (SSSR count). The fourth-order valence-corrected chi connectivity index (χ4v) is 1.99. The molecule has 0 spiro atoms. The number of halogens is 2. The Bertz CT molecular complexity index is 539. The first kappa shape index (κ1) is 17.8. The molecule has 2 N–H and O–H groups in total. The fourth-order valence-electron chi connectivity index (χ4n) is 1.67. The molecule has 4 nitrogen and oxygen atoms in total. The Balaban J connectivity index is 2.57. The molecule has 2 amide bonds. The van der Waals surface area contributed by atoms with E-state index in [0.717, 1.165) is 5.56 Å². The van der Waals surface area contributed by atoms with Crippen LogP contribution < -0.4 is 10.6 Å². The van der Waals surface area contributed by atoms with Gasteiger partial charge >= 0.3 is 0 Å². The molecule has 0 heterocycles. The standard InChI is InChI=1S/C15H20Cl2N2O2/c1-9(14(21)19-15(2,3)4)18-13(20)8-10-5-6-11(16)12(17)7-10/h5-7,9H,8H2,1-4H3,(H,18,20)(H,19,21). The normalized spacial score (nSPS) is 12.7. The van der Waals surface area contributed by atoms with Crippen LogP contribution in [0.3, 0.4) is 0 Å². The summed E-state index contributed by atoms with van der Waals surface area (Å²) in [7, 11) is 0. The van der Waals surface area contributed by atoms with Gasteiger partial charge in [-0.25, -0.2) is 0 Å². The van der Waals surface area contributed by atoms with Crippen LogP contribution >= 0.6 is 23.2 Å². The number of amides is 2. The summed E-state index contributed by atoms with van der Waals surface area (Å²) in [4.78, 5) is 23.8. The zero-order valence-corrected chi connectivity index (χ0v) is 14.1. The lowest BCUT2D eigenvalue weighted by Gasteiger charge is -2.23. The Morgan fingerprint density at radius 1 is 1.19 bits per heavy atom. The van der Waals surface area contributed by atoms with Gasteiger partial charge in [0.25, 0.3) is 0 Å². The van der Waals surface area contributed by atoms with Crippen molar-refractivity contribution in [2.45, 2.75) is 45.7 Å². The van der Waals surface area contributed by atoms with Gasteiger partial charge in [-0.2, -0.15) is 0 Å². The van der Waals surface area contributed by atoms with Crippen LogP contribution in [0.4, 0.5) is 0 Å². The number of hydrogen-bond acceptors (Lipinski definition) is 2. The minimum Gasteiger partial charge on any atom is -0.350 e. The highest BCUT2D eigenvalue weighted by atomic mass is 35.5. The number of benzene rings is 1. The predicted molar refractivity (Wildman–Crippen MR) is 85.7 cm³/mol. The van der Waals surface area contributed by atoms with Crippen molar-refractivity contribution in [3.05, 3.63) is 33.8 Å². The van der Waals surface area contributed by atoms with E-state index in [-0.39, 0.29) is 23.8 Å². The number of carbonyl (C=O) groups excluding carboxylic acids is 2. The third-order valence-electron chi connectivity index (χ3n) is 2.62. The second-order valence-corrected chi connectivity index (χ2v) is 6.77. The summed E-state index contributed by atoms with van der Waals surface area (Å²) in [6, 6.07) is 4.42. The molecule has 0 saturated carbocycles. The lowest BCUT2D eigenvalue weighted by atomic mass is 10.1. The average Bonchev–Trinajstić information content (AvgIpc) is 2.31. The molecule has 1 aromatic carbocycles. The molecule has 21 heavy (non-hydrogen) atoms. The fraction of sp³-hybridized carbons (Fsp3) is 0.467. The van der Waals surface area contributed by atoms with Crippen LogP contribution in [0.15, 0.2) is 18.2 Å². The van der Waals surface area contributed by atoms with Crippen molar-refractivity contribution in [2.75, 3.05) is 0 Å². The van der Waals surface area contributed by atoms with Gasteiger partial charge in [0.05, 0.1) is 16.5 Å². The van der Waals surface area contributed by atoms with E-state index < -0.39 is 6.04 Å². The predicted octanol–water partition coefficient (Wildman–Crippen LogP) is 2.96. The number of rotatable bonds is 4. The van der Waals surface area contributed by atoms with Gasteiger partial charge < -0.3 is 10.6 Å². The van der Waals surface area contributed by atoms with E-state index in [1.54, 1.807) is 25.1 Å². The molecule has 0 aliphatic heterocycles. The van der Waals surface area contributed by atoms with Crippen LogP contribution in [-0.4, -0.2) is 23.4 Å². The quantitative estimate of drug-likeness (QED) is 0.891. The number of carbonyl (C=O) groups is 2. The van der Waals surface area contributed by atoms with Gasteiger partial charge in [-0.3, -0.25) is 9.59 Å².